The number of ether oxygens (including phenoxy) is 2. The van der Waals surface area contributed by atoms with Gasteiger partial charge in [-0.15, -0.1) is 0 Å². The van der Waals surface area contributed by atoms with Crippen LogP contribution in [0.2, 0.25) is 0 Å². The lowest BCUT2D eigenvalue weighted by atomic mass is 9.80. The molecule has 1 atom stereocenters. The normalized spacial score (nSPS) is 27.0. The van der Waals surface area contributed by atoms with E-state index >= 15 is 0 Å². The Morgan fingerprint density at radius 2 is 1.95 bits per heavy atom. The quantitative estimate of drug-likeness (QED) is 0.791. The van der Waals surface area contributed by atoms with Crippen LogP contribution in [0.5, 0.6) is 5.88 Å². The largest absolute Gasteiger partial charge is 0.495 e. The van der Waals surface area contributed by atoms with E-state index in [1.165, 1.54) is 0 Å². The van der Waals surface area contributed by atoms with E-state index in [0.29, 0.717) is 12.5 Å². The molecule has 0 aliphatic carbocycles. The van der Waals surface area contributed by atoms with E-state index in [0.717, 1.165) is 18.5 Å². The zero-order chi connectivity index (χ0) is 15.1. The Kier molecular flexibility index (Phi) is 3.72. The molecule has 5 nitrogen and oxygen atoms in total. The first kappa shape index (κ1) is 14.8. The third-order valence-corrected chi connectivity index (χ3v) is 4.46. The monoisotopic (exact) mass is 291 g/mol. The minimum absolute atomic E-state index is 0.0889. The van der Waals surface area contributed by atoms with Crippen LogP contribution in [0.3, 0.4) is 0 Å². The van der Waals surface area contributed by atoms with Crippen LogP contribution in [0.1, 0.15) is 34.1 Å². The Bertz CT molecular complexity index is 498. The molecular weight excluding hydrogens is 269 g/mol. The fraction of sp³-hybridized carbons (Fsp3) is 0.667. The molecule has 21 heavy (non-hydrogen) atoms. The average Bonchev–Trinajstić information content (AvgIpc) is 2.97. The maximum absolute atomic E-state index is 6.04. The van der Waals surface area contributed by atoms with Crippen LogP contribution in [-0.2, 0) is 14.0 Å². The zero-order valence-electron chi connectivity index (χ0n) is 13.1. The summed E-state index contributed by atoms with van der Waals surface area (Å²) >= 11 is 0. The summed E-state index contributed by atoms with van der Waals surface area (Å²) in [4.78, 5) is 4.26. The van der Waals surface area contributed by atoms with Crippen molar-refractivity contribution in [3.8, 4) is 5.88 Å². The summed E-state index contributed by atoms with van der Waals surface area (Å²) in [5.74, 6) is 0.595. The van der Waals surface area contributed by atoms with E-state index in [1.54, 1.807) is 6.20 Å². The van der Waals surface area contributed by atoms with Gasteiger partial charge in [0.2, 0.25) is 5.88 Å². The van der Waals surface area contributed by atoms with Gasteiger partial charge in [0.25, 0.3) is 0 Å². The predicted molar refractivity (Wildman–Crippen MR) is 79.8 cm³/mol. The van der Waals surface area contributed by atoms with Crippen molar-refractivity contribution in [3.63, 3.8) is 0 Å². The van der Waals surface area contributed by atoms with Gasteiger partial charge in [0.1, 0.15) is 6.10 Å². The molecule has 0 bridgehead atoms. The van der Waals surface area contributed by atoms with Gasteiger partial charge in [0, 0.05) is 18.7 Å². The molecule has 3 heterocycles. The average molecular weight is 291 g/mol. The highest BCUT2D eigenvalue weighted by atomic mass is 16.7. The second-order valence-corrected chi connectivity index (χ2v) is 6.62. The smallest absolute Gasteiger partial charge is 0.472 e. The highest BCUT2D eigenvalue weighted by Gasteiger charge is 2.51. The van der Waals surface area contributed by atoms with Crippen LogP contribution in [0, 0.1) is 0 Å². The molecule has 0 N–H and O–H groups in total. The molecule has 0 aromatic carbocycles. The highest BCUT2D eigenvalue weighted by molar-refractivity contribution is 6.62. The van der Waals surface area contributed by atoms with Gasteiger partial charge < -0.3 is 18.8 Å². The van der Waals surface area contributed by atoms with E-state index in [2.05, 4.69) is 4.98 Å². The molecule has 2 aliphatic rings. The Hall–Kier alpha value is -1.11. The molecule has 6 heteroatoms. The Balaban J connectivity index is 1.74. The van der Waals surface area contributed by atoms with Crippen LogP contribution in [0.15, 0.2) is 18.3 Å². The molecule has 2 saturated heterocycles. The highest BCUT2D eigenvalue weighted by Crippen LogP contribution is 2.36. The second-order valence-electron chi connectivity index (χ2n) is 6.62. The maximum atomic E-state index is 6.04. The van der Waals surface area contributed by atoms with Crippen LogP contribution >= 0.6 is 0 Å². The van der Waals surface area contributed by atoms with E-state index in [4.69, 9.17) is 18.8 Å². The van der Waals surface area contributed by atoms with Crippen molar-refractivity contribution < 1.29 is 18.8 Å². The van der Waals surface area contributed by atoms with Crippen LogP contribution < -0.4 is 10.2 Å². The summed E-state index contributed by atoms with van der Waals surface area (Å²) in [6, 6.07) is 3.79. The molecule has 0 spiro atoms. The molecule has 2 fully saturated rings. The Morgan fingerprint density at radius 1 is 1.24 bits per heavy atom. The number of hydrogen-bond donors (Lipinski definition) is 0. The topological polar surface area (TPSA) is 49.8 Å². The van der Waals surface area contributed by atoms with Gasteiger partial charge in [-0.1, -0.05) is 0 Å². The molecule has 114 valence electrons. The van der Waals surface area contributed by atoms with Crippen LogP contribution in [0.4, 0.5) is 0 Å². The second kappa shape index (κ2) is 5.27. The van der Waals surface area contributed by atoms with E-state index < -0.39 is 0 Å². The molecule has 1 aromatic heterocycles. The van der Waals surface area contributed by atoms with Gasteiger partial charge in [-0.3, -0.25) is 0 Å². The third kappa shape index (κ3) is 2.93. The molecule has 0 amide bonds. The minimum Gasteiger partial charge on any atom is -0.472 e. The molecule has 0 radical (unpaired) electrons. The van der Waals surface area contributed by atoms with Crippen molar-refractivity contribution in [1.82, 2.24) is 4.98 Å². The Labute approximate surface area is 126 Å². The molecule has 0 saturated carbocycles. The standard InChI is InChI=1S/C15H22BNO4/c1-14(2)15(3,4)21-16(20-14)11-5-7-17-13(9-11)19-12-6-8-18-10-12/h5,7,9,12H,6,8,10H2,1-4H3. The molecule has 1 aromatic rings. The first-order valence-electron chi connectivity index (χ1n) is 7.43. The Morgan fingerprint density at radius 3 is 2.57 bits per heavy atom. The number of hydrogen-bond acceptors (Lipinski definition) is 5. The summed E-state index contributed by atoms with van der Waals surface area (Å²) < 4.78 is 23.2. The van der Waals surface area contributed by atoms with E-state index in [-0.39, 0.29) is 24.4 Å². The van der Waals surface area contributed by atoms with Crippen molar-refractivity contribution in [2.45, 2.75) is 51.4 Å². The molecule has 2 aliphatic heterocycles. The summed E-state index contributed by atoms with van der Waals surface area (Å²) in [5.41, 5.74) is 0.236. The predicted octanol–water partition coefficient (Wildman–Crippen LogP) is 1.55. The molecule has 3 rings (SSSR count). The molecular formula is C15H22BNO4. The van der Waals surface area contributed by atoms with Gasteiger partial charge in [0.05, 0.1) is 24.4 Å². The van der Waals surface area contributed by atoms with Crippen molar-refractivity contribution >= 4 is 12.6 Å². The summed E-state index contributed by atoms with van der Waals surface area (Å²) in [6.45, 7) is 9.55. The van der Waals surface area contributed by atoms with E-state index in [9.17, 15) is 0 Å². The van der Waals surface area contributed by atoms with Crippen molar-refractivity contribution in [2.24, 2.45) is 0 Å². The fourth-order valence-corrected chi connectivity index (χ4v) is 2.39. The third-order valence-electron chi connectivity index (χ3n) is 4.46. The van der Waals surface area contributed by atoms with Gasteiger partial charge in [-0.05, 0) is 39.2 Å². The first-order valence-corrected chi connectivity index (χ1v) is 7.43. The van der Waals surface area contributed by atoms with Gasteiger partial charge in [-0.2, -0.15) is 0 Å². The van der Waals surface area contributed by atoms with Crippen molar-refractivity contribution in [3.05, 3.63) is 18.3 Å². The van der Waals surface area contributed by atoms with Gasteiger partial charge >= 0.3 is 7.12 Å². The lowest BCUT2D eigenvalue weighted by Gasteiger charge is -2.32. The number of aromatic nitrogens is 1. The summed E-state index contributed by atoms with van der Waals surface area (Å²) in [5, 5.41) is 0. The van der Waals surface area contributed by atoms with Crippen molar-refractivity contribution in [2.75, 3.05) is 13.2 Å². The van der Waals surface area contributed by atoms with Crippen LogP contribution in [-0.4, -0.2) is 42.6 Å². The maximum Gasteiger partial charge on any atom is 0.495 e. The zero-order valence-corrected chi connectivity index (χ0v) is 13.1. The van der Waals surface area contributed by atoms with Crippen molar-refractivity contribution in [1.29, 1.82) is 0 Å². The fourth-order valence-electron chi connectivity index (χ4n) is 2.39. The van der Waals surface area contributed by atoms with Crippen LogP contribution in [0.25, 0.3) is 0 Å². The van der Waals surface area contributed by atoms with E-state index in [1.807, 2.05) is 39.8 Å². The summed E-state index contributed by atoms with van der Waals surface area (Å²) in [7, 11) is -0.389. The summed E-state index contributed by atoms with van der Waals surface area (Å²) in [6.07, 6.45) is 2.72. The lowest BCUT2D eigenvalue weighted by Crippen LogP contribution is -2.41. The SMILES string of the molecule is CC1(C)OB(c2ccnc(OC3CCOC3)c2)OC1(C)C. The number of pyridine rings is 1. The lowest BCUT2D eigenvalue weighted by molar-refractivity contribution is 0.00578. The number of rotatable bonds is 3. The molecule has 1 unspecified atom stereocenters. The first-order chi connectivity index (χ1) is 9.87. The van der Waals surface area contributed by atoms with Gasteiger partial charge in [-0.25, -0.2) is 4.98 Å². The number of nitrogens with zero attached hydrogens (tertiary/aromatic N) is 1. The minimum atomic E-state index is -0.389. The van der Waals surface area contributed by atoms with Gasteiger partial charge in [0.15, 0.2) is 0 Å².